The first-order valence-corrected chi connectivity index (χ1v) is 10.8. The van der Waals surface area contributed by atoms with Crippen molar-refractivity contribution in [3.63, 3.8) is 0 Å². The zero-order valence-corrected chi connectivity index (χ0v) is 19.7. The first kappa shape index (κ1) is 24.0. The van der Waals surface area contributed by atoms with Gasteiger partial charge < -0.3 is 19.9 Å². The number of hydrogen-bond donors (Lipinski definition) is 2. The summed E-state index contributed by atoms with van der Waals surface area (Å²) in [6, 6.07) is 13.5. The van der Waals surface area contributed by atoms with Gasteiger partial charge in [0.05, 0.1) is 0 Å². The van der Waals surface area contributed by atoms with Crippen molar-refractivity contribution in [1.29, 1.82) is 0 Å². The third-order valence-electron chi connectivity index (χ3n) is 5.21. The highest BCUT2D eigenvalue weighted by Crippen LogP contribution is 2.25. The quantitative estimate of drug-likeness (QED) is 0.508. The predicted molar refractivity (Wildman–Crippen MR) is 125 cm³/mol. The molecule has 2 aromatic carbocycles. The van der Waals surface area contributed by atoms with Gasteiger partial charge in [0.25, 0.3) is 5.91 Å². The molecule has 8 nitrogen and oxygen atoms in total. The first-order valence-electron chi connectivity index (χ1n) is 10.8. The van der Waals surface area contributed by atoms with E-state index in [-0.39, 0.29) is 36.9 Å². The molecule has 0 fully saturated rings. The molecular formula is C25H30N4O4. The summed E-state index contributed by atoms with van der Waals surface area (Å²) in [6.07, 6.45) is 0. The lowest BCUT2D eigenvalue weighted by molar-refractivity contribution is -0.123. The standard InChI is InChI=1S/C25H30N4O4/c1-16-6-11-20(14-17(16)2)32-15-21(30)26-12-13-27-23(31)24-28-22(29-33-24)18-7-9-19(10-8-18)25(3,4)5/h6-11,14H,12-13,15H2,1-5H3,(H,26,30)(H,27,31). The average molecular weight is 451 g/mol. The molecule has 0 saturated heterocycles. The number of benzene rings is 2. The van der Waals surface area contributed by atoms with Gasteiger partial charge in [0, 0.05) is 18.7 Å². The molecule has 3 rings (SSSR count). The van der Waals surface area contributed by atoms with E-state index in [4.69, 9.17) is 9.26 Å². The van der Waals surface area contributed by atoms with Gasteiger partial charge in [0.1, 0.15) is 5.75 Å². The molecular weight excluding hydrogens is 420 g/mol. The maximum Gasteiger partial charge on any atom is 0.316 e. The molecule has 0 aliphatic heterocycles. The Morgan fingerprint density at radius 3 is 2.33 bits per heavy atom. The Morgan fingerprint density at radius 2 is 1.67 bits per heavy atom. The summed E-state index contributed by atoms with van der Waals surface area (Å²) in [7, 11) is 0. The second-order valence-corrected chi connectivity index (χ2v) is 8.89. The van der Waals surface area contributed by atoms with Gasteiger partial charge in [-0.1, -0.05) is 56.3 Å². The lowest BCUT2D eigenvalue weighted by Crippen LogP contribution is -2.36. The molecule has 0 aliphatic rings. The van der Waals surface area contributed by atoms with E-state index in [1.165, 1.54) is 5.56 Å². The number of carbonyl (C=O) groups excluding carboxylic acids is 2. The Bertz CT molecular complexity index is 1110. The van der Waals surface area contributed by atoms with E-state index < -0.39 is 5.91 Å². The lowest BCUT2D eigenvalue weighted by Gasteiger charge is -2.18. The lowest BCUT2D eigenvalue weighted by atomic mass is 9.87. The third-order valence-corrected chi connectivity index (χ3v) is 5.21. The number of hydrogen-bond acceptors (Lipinski definition) is 6. The fraction of sp³-hybridized carbons (Fsp3) is 0.360. The molecule has 2 amide bonds. The number of rotatable bonds is 8. The summed E-state index contributed by atoms with van der Waals surface area (Å²) in [6.45, 7) is 10.8. The van der Waals surface area contributed by atoms with Gasteiger partial charge in [-0.25, -0.2) is 0 Å². The maximum atomic E-state index is 12.2. The van der Waals surface area contributed by atoms with Gasteiger partial charge in [0.15, 0.2) is 6.61 Å². The summed E-state index contributed by atoms with van der Waals surface area (Å²) < 4.78 is 10.6. The van der Waals surface area contributed by atoms with Gasteiger partial charge in [-0.2, -0.15) is 4.98 Å². The minimum atomic E-state index is -0.499. The van der Waals surface area contributed by atoms with Crippen LogP contribution in [0, 0.1) is 13.8 Å². The second kappa shape index (κ2) is 10.3. The highest BCUT2D eigenvalue weighted by Gasteiger charge is 2.17. The summed E-state index contributed by atoms with van der Waals surface area (Å²) in [5.74, 6) is 0.0791. The van der Waals surface area contributed by atoms with Crippen LogP contribution in [0.2, 0.25) is 0 Å². The normalized spacial score (nSPS) is 11.2. The van der Waals surface area contributed by atoms with Crippen molar-refractivity contribution in [2.45, 2.75) is 40.0 Å². The van der Waals surface area contributed by atoms with Crippen LogP contribution in [-0.4, -0.2) is 41.7 Å². The van der Waals surface area contributed by atoms with E-state index >= 15 is 0 Å². The van der Waals surface area contributed by atoms with Crippen LogP contribution < -0.4 is 15.4 Å². The van der Waals surface area contributed by atoms with Crippen molar-refractivity contribution in [2.75, 3.05) is 19.7 Å². The van der Waals surface area contributed by atoms with Crippen LogP contribution in [0.15, 0.2) is 47.0 Å². The van der Waals surface area contributed by atoms with E-state index in [9.17, 15) is 9.59 Å². The van der Waals surface area contributed by atoms with Crippen LogP contribution in [0.3, 0.4) is 0 Å². The summed E-state index contributed by atoms with van der Waals surface area (Å²) in [5.41, 5.74) is 4.26. The van der Waals surface area contributed by atoms with Gasteiger partial charge in [-0.15, -0.1) is 0 Å². The van der Waals surface area contributed by atoms with Gasteiger partial charge in [0.2, 0.25) is 5.82 Å². The molecule has 33 heavy (non-hydrogen) atoms. The highest BCUT2D eigenvalue weighted by atomic mass is 16.5. The molecule has 0 saturated carbocycles. The molecule has 1 aromatic heterocycles. The molecule has 3 aromatic rings. The zero-order valence-electron chi connectivity index (χ0n) is 19.7. The molecule has 0 atom stereocenters. The smallest absolute Gasteiger partial charge is 0.316 e. The van der Waals surface area contributed by atoms with E-state index in [1.807, 2.05) is 56.3 Å². The Labute approximate surface area is 193 Å². The monoisotopic (exact) mass is 450 g/mol. The molecule has 174 valence electrons. The number of aryl methyl sites for hydroxylation is 2. The first-order chi connectivity index (χ1) is 15.6. The Hall–Kier alpha value is -3.68. The number of carbonyl (C=O) groups is 2. The number of nitrogens with zero attached hydrogens (tertiary/aromatic N) is 2. The number of nitrogens with one attached hydrogen (secondary N) is 2. The number of amides is 2. The summed E-state index contributed by atoms with van der Waals surface area (Å²) in [5, 5.41) is 9.22. The van der Waals surface area contributed by atoms with Crippen molar-refractivity contribution in [3.05, 3.63) is 65.0 Å². The number of aromatic nitrogens is 2. The topological polar surface area (TPSA) is 106 Å². The van der Waals surface area contributed by atoms with E-state index in [1.54, 1.807) is 0 Å². The molecule has 0 bridgehead atoms. The average Bonchev–Trinajstić information content (AvgIpc) is 3.27. The number of ether oxygens (including phenoxy) is 1. The fourth-order valence-electron chi connectivity index (χ4n) is 3.01. The SMILES string of the molecule is Cc1ccc(OCC(=O)NCCNC(=O)c2nc(-c3ccc(C(C)(C)C)cc3)no2)cc1C. The third kappa shape index (κ3) is 6.65. The molecule has 0 unspecified atom stereocenters. The van der Waals surface area contributed by atoms with Crippen LogP contribution in [0.4, 0.5) is 0 Å². The van der Waals surface area contributed by atoms with Crippen molar-refractivity contribution >= 4 is 11.8 Å². The van der Waals surface area contributed by atoms with E-state index in [2.05, 4.69) is 41.5 Å². The van der Waals surface area contributed by atoms with Crippen molar-refractivity contribution in [1.82, 2.24) is 20.8 Å². The van der Waals surface area contributed by atoms with Crippen LogP contribution >= 0.6 is 0 Å². The zero-order chi connectivity index (χ0) is 24.0. The summed E-state index contributed by atoms with van der Waals surface area (Å²) >= 11 is 0. The second-order valence-electron chi connectivity index (χ2n) is 8.89. The molecule has 2 N–H and O–H groups in total. The molecule has 1 heterocycles. The van der Waals surface area contributed by atoms with Gasteiger partial charge in [-0.3, -0.25) is 9.59 Å². The molecule has 0 aliphatic carbocycles. The van der Waals surface area contributed by atoms with Crippen LogP contribution in [0.5, 0.6) is 5.75 Å². The largest absolute Gasteiger partial charge is 0.484 e. The minimum absolute atomic E-state index is 0.0437. The molecule has 0 radical (unpaired) electrons. The summed E-state index contributed by atoms with van der Waals surface area (Å²) in [4.78, 5) is 28.3. The van der Waals surface area contributed by atoms with E-state index in [0.717, 1.165) is 16.7 Å². The fourth-order valence-corrected chi connectivity index (χ4v) is 3.01. The van der Waals surface area contributed by atoms with Crippen LogP contribution in [-0.2, 0) is 10.2 Å². The van der Waals surface area contributed by atoms with Crippen LogP contribution in [0.25, 0.3) is 11.4 Å². The Kier molecular flexibility index (Phi) is 7.48. The molecule has 8 heteroatoms. The van der Waals surface area contributed by atoms with Crippen molar-refractivity contribution in [2.24, 2.45) is 0 Å². The maximum absolute atomic E-state index is 12.2. The van der Waals surface area contributed by atoms with Gasteiger partial charge >= 0.3 is 11.8 Å². The minimum Gasteiger partial charge on any atom is -0.484 e. The molecule has 0 spiro atoms. The van der Waals surface area contributed by atoms with Crippen molar-refractivity contribution < 1.29 is 18.8 Å². The van der Waals surface area contributed by atoms with Crippen LogP contribution in [0.1, 0.15) is 48.1 Å². The predicted octanol–water partition coefficient (Wildman–Crippen LogP) is 3.58. The van der Waals surface area contributed by atoms with Crippen molar-refractivity contribution in [3.8, 4) is 17.1 Å². The Morgan fingerprint density at radius 1 is 0.970 bits per heavy atom. The highest BCUT2D eigenvalue weighted by molar-refractivity contribution is 5.89. The Balaban J connectivity index is 1.41. The van der Waals surface area contributed by atoms with E-state index in [0.29, 0.717) is 11.6 Å². The van der Waals surface area contributed by atoms with Gasteiger partial charge in [-0.05, 0) is 48.1 Å².